The van der Waals surface area contributed by atoms with Crippen molar-refractivity contribution in [2.75, 3.05) is 0 Å². The van der Waals surface area contributed by atoms with E-state index in [1.54, 1.807) is 6.92 Å². The van der Waals surface area contributed by atoms with E-state index in [9.17, 15) is 4.79 Å². The molecule has 110 valence electrons. The minimum atomic E-state index is 0.125. The number of aryl methyl sites for hydroxylation is 1. The normalized spacial score (nSPS) is 7.70. The maximum absolute atomic E-state index is 10.8. The van der Waals surface area contributed by atoms with E-state index in [-0.39, 0.29) is 5.78 Å². The molecule has 0 unspecified atom stereocenters. The predicted molar refractivity (Wildman–Crippen MR) is 90.3 cm³/mol. The van der Waals surface area contributed by atoms with Crippen molar-refractivity contribution in [2.24, 2.45) is 0 Å². The third-order valence-electron chi connectivity index (χ3n) is 2.12. The van der Waals surface area contributed by atoms with E-state index in [1.165, 1.54) is 5.56 Å². The van der Waals surface area contributed by atoms with Gasteiger partial charge in [-0.15, -0.1) is 0 Å². The van der Waals surface area contributed by atoms with Crippen molar-refractivity contribution in [1.82, 2.24) is 0 Å². The van der Waals surface area contributed by atoms with Gasteiger partial charge in [-0.2, -0.15) is 0 Å². The van der Waals surface area contributed by atoms with Crippen molar-refractivity contribution in [1.29, 1.82) is 0 Å². The third-order valence-corrected chi connectivity index (χ3v) is 2.12. The first-order chi connectivity index (χ1) is 9.70. The highest BCUT2D eigenvalue weighted by atomic mass is 16.1. The molecule has 0 atom stereocenters. The van der Waals surface area contributed by atoms with E-state index in [0.29, 0.717) is 0 Å². The summed E-state index contributed by atoms with van der Waals surface area (Å²) >= 11 is 0. The molecule has 0 N–H and O–H groups in total. The van der Waals surface area contributed by atoms with Crippen molar-refractivity contribution < 1.29 is 4.79 Å². The van der Waals surface area contributed by atoms with Gasteiger partial charge < -0.3 is 0 Å². The summed E-state index contributed by atoms with van der Waals surface area (Å²) in [5, 5.41) is 0. The quantitative estimate of drug-likeness (QED) is 0.587. The van der Waals surface area contributed by atoms with Crippen LogP contribution in [-0.4, -0.2) is 5.78 Å². The molecule has 0 aliphatic rings. The van der Waals surface area contributed by atoms with Gasteiger partial charge in [-0.05, 0) is 13.8 Å². The van der Waals surface area contributed by atoms with Crippen LogP contribution in [0.3, 0.4) is 0 Å². The standard InChI is InChI=1S/C9H10O.C6H6.2C2H6/c1-7-3-5-9(6-4-7)8(2)10;1-2-4-6-5-3-1;2*1-2/h3-6H,1-2H3;1-6H;2*1-2H3. The van der Waals surface area contributed by atoms with E-state index in [4.69, 9.17) is 0 Å². The summed E-state index contributed by atoms with van der Waals surface area (Å²) < 4.78 is 0. The minimum Gasteiger partial charge on any atom is -0.295 e. The lowest BCUT2D eigenvalue weighted by molar-refractivity contribution is 0.101. The maximum Gasteiger partial charge on any atom is 0.159 e. The number of rotatable bonds is 1. The molecule has 0 saturated heterocycles. The smallest absolute Gasteiger partial charge is 0.159 e. The highest BCUT2D eigenvalue weighted by Crippen LogP contribution is 2.02. The molecular weight excluding hydrogens is 244 g/mol. The molecule has 0 saturated carbocycles. The Morgan fingerprint density at radius 3 is 1.25 bits per heavy atom. The zero-order chi connectivity index (χ0) is 15.8. The monoisotopic (exact) mass is 272 g/mol. The summed E-state index contributed by atoms with van der Waals surface area (Å²) in [6.45, 7) is 11.6. The summed E-state index contributed by atoms with van der Waals surface area (Å²) in [7, 11) is 0. The van der Waals surface area contributed by atoms with Crippen LogP contribution >= 0.6 is 0 Å². The van der Waals surface area contributed by atoms with Crippen LogP contribution in [0.25, 0.3) is 0 Å². The molecule has 0 amide bonds. The molecule has 0 aromatic heterocycles. The molecule has 0 aliphatic heterocycles. The molecule has 2 aromatic rings. The summed E-state index contributed by atoms with van der Waals surface area (Å²) in [4.78, 5) is 10.8. The number of hydrogen-bond acceptors (Lipinski definition) is 1. The van der Waals surface area contributed by atoms with Crippen molar-refractivity contribution in [2.45, 2.75) is 41.5 Å². The van der Waals surface area contributed by atoms with Crippen molar-refractivity contribution in [3.05, 3.63) is 71.8 Å². The molecule has 0 aliphatic carbocycles. The molecule has 0 spiro atoms. The van der Waals surface area contributed by atoms with Gasteiger partial charge in [0, 0.05) is 5.56 Å². The van der Waals surface area contributed by atoms with Gasteiger partial charge in [0.2, 0.25) is 0 Å². The van der Waals surface area contributed by atoms with E-state index in [2.05, 4.69) is 0 Å². The number of carbonyl (C=O) groups is 1. The first kappa shape index (κ1) is 20.4. The van der Waals surface area contributed by atoms with Crippen molar-refractivity contribution in [3.63, 3.8) is 0 Å². The molecule has 0 fully saturated rings. The first-order valence-corrected chi connectivity index (χ1v) is 7.28. The van der Waals surface area contributed by atoms with Crippen LogP contribution in [0.1, 0.15) is 50.5 Å². The van der Waals surface area contributed by atoms with Gasteiger partial charge in [0.15, 0.2) is 5.78 Å². The van der Waals surface area contributed by atoms with Crippen LogP contribution in [-0.2, 0) is 0 Å². The van der Waals surface area contributed by atoms with E-state index < -0.39 is 0 Å². The average Bonchev–Trinajstić information content (AvgIpc) is 2.54. The van der Waals surface area contributed by atoms with Gasteiger partial charge in [-0.25, -0.2) is 0 Å². The fraction of sp³-hybridized carbons (Fsp3) is 0.316. The minimum absolute atomic E-state index is 0.125. The van der Waals surface area contributed by atoms with Crippen LogP contribution < -0.4 is 0 Å². The third kappa shape index (κ3) is 11.2. The highest BCUT2D eigenvalue weighted by molar-refractivity contribution is 5.93. The summed E-state index contributed by atoms with van der Waals surface area (Å²) in [6.07, 6.45) is 0. The van der Waals surface area contributed by atoms with Crippen LogP contribution in [0.15, 0.2) is 60.7 Å². The Balaban J connectivity index is 0. The van der Waals surface area contributed by atoms with Crippen molar-refractivity contribution in [3.8, 4) is 0 Å². The fourth-order valence-corrected chi connectivity index (χ4v) is 1.17. The van der Waals surface area contributed by atoms with E-state index >= 15 is 0 Å². The average molecular weight is 272 g/mol. The Kier molecular flexibility index (Phi) is 15.5. The molecule has 0 bridgehead atoms. The molecule has 2 aromatic carbocycles. The fourth-order valence-electron chi connectivity index (χ4n) is 1.17. The number of hydrogen-bond donors (Lipinski definition) is 0. The van der Waals surface area contributed by atoms with Gasteiger partial charge in [-0.3, -0.25) is 4.79 Å². The van der Waals surface area contributed by atoms with Gasteiger partial charge in [0.25, 0.3) is 0 Å². The summed E-state index contributed by atoms with van der Waals surface area (Å²) in [5.74, 6) is 0.125. The number of benzene rings is 2. The second kappa shape index (κ2) is 15.2. The van der Waals surface area contributed by atoms with Gasteiger partial charge in [0.1, 0.15) is 0 Å². The first-order valence-electron chi connectivity index (χ1n) is 7.28. The van der Waals surface area contributed by atoms with Crippen LogP contribution in [0.5, 0.6) is 0 Å². The Labute approximate surface area is 124 Å². The second-order valence-electron chi connectivity index (χ2n) is 3.58. The highest BCUT2D eigenvalue weighted by Gasteiger charge is 1.95. The maximum atomic E-state index is 10.8. The van der Waals surface area contributed by atoms with Gasteiger partial charge in [-0.1, -0.05) is 93.9 Å². The van der Waals surface area contributed by atoms with Gasteiger partial charge >= 0.3 is 0 Å². The lowest BCUT2D eigenvalue weighted by Crippen LogP contribution is -1.90. The number of Topliss-reactive ketones (excluding diaryl/α,β-unsaturated/α-hetero) is 1. The summed E-state index contributed by atoms with van der Waals surface area (Å²) in [5.41, 5.74) is 1.97. The van der Waals surface area contributed by atoms with E-state index in [0.717, 1.165) is 5.56 Å². The molecule has 1 nitrogen and oxygen atoms in total. The molecule has 1 heteroatoms. The zero-order valence-electron chi connectivity index (χ0n) is 13.7. The van der Waals surface area contributed by atoms with E-state index in [1.807, 2.05) is 95.3 Å². The molecule has 2 rings (SSSR count). The lowest BCUT2D eigenvalue weighted by atomic mass is 10.1. The number of ketones is 1. The molecule has 0 radical (unpaired) electrons. The van der Waals surface area contributed by atoms with Gasteiger partial charge in [0.05, 0.1) is 0 Å². The van der Waals surface area contributed by atoms with Crippen LogP contribution in [0.2, 0.25) is 0 Å². The zero-order valence-corrected chi connectivity index (χ0v) is 13.7. The van der Waals surface area contributed by atoms with Crippen LogP contribution in [0.4, 0.5) is 0 Å². The molecular formula is C19H28O. The Bertz CT molecular complexity index is 389. The molecule has 20 heavy (non-hydrogen) atoms. The Hall–Kier alpha value is -1.89. The Morgan fingerprint density at radius 2 is 1.00 bits per heavy atom. The molecule has 0 heterocycles. The predicted octanol–water partition coefficient (Wildman–Crippen LogP) is 5.94. The summed E-state index contributed by atoms with van der Waals surface area (Å²) in [6, 6.07) is 19.6. The lowest BCUT2D eigenvalue weighted by Gasteiger charge is -1.93. The Morgan fingerprint density at radius 1 is 0.700 bits per heavy atom. The van der Waals surface area contributed by atoms with Crippen LogP contribution in [0, 0.1) is 6.92 Å². The SMILES string of the molecule is CC.CC.CC(=O)c1ccc(C)cc1.c1ccccc1. The topological polar surface area (TPSA) is 17.1 Å². The second-order valence-corrected chi connectivity index (χ2v) is 3.58. The largest absolute Gasteiger partial charge is 0.295 e. The van der Waals surface area contributed by atoms with Crippen molar-refractivity contribution >= 4 is 5.78 Å². The number of carbonyl (C=O) groups excluding carboxylic acids is 1.